The Labute approximate surface area is 96.1 Å². The van der Waals surface area contributed by atoms with E-state index in [4.69, 9.17) is 5.11 Å². The molecule has 0 unspecified atom stereocenters. The third kappa shape index (κ3) is 2.59. The summed E-state index contributed by atoms with van der Waals surface area (Å²) in [6.07, 6.45) is 2.98. The third-order valence-corrected chi connectivity index (χ3v) is 2.16. The van der Waals surface area contributed by atoms with Gasteiger partial charge in [0.05, 0.1) is 24.3 Å². The first-order chi connectivity index (χ1) is 8.20. The van der Waals surface area contributed by atoms with Gasteiger partial charge in [0.25, 0.3) is 0 Å². The van der Waals surface area contributed by atoms with Crippen LogP contribution in [0.25, 0.3) is 5.69 Å². The Bertz CT molecular complexity index is 500. The summed E-state index contributed by atoms with van der Waals surface area (Å²) in [6.45, 7) is -3.08. The number of imidazole rings is 1. The molecule has 0 spiro atoms. The smallest absolute Gasteiger partial charge is 0.387 e. The number of halogens is 2. The van der Waals surface area contributed by atoms with Gasteiger partial charge in [0.15, 0.2) is 0 Å². The minimum Gasteiger partial charge on any atom is -0.433 e. The molecule has 1 aromatic heterocycles. The van der Waals surface area contributed by atoms with Crippen LogP contribution in [0.15, 0.2) is 36.8 Å². The first-order valence-electron chi connectivity index (χ1n) is 4.88. The van der Waals surface area contributed by atoms with Crippen molar-refractivity contribution in [2.45, 2.75) is 13.2 Å². The maximum absolute atomic E-state index is 12.2. The number of para-hydroxylation sites is 2. The molecule has 0 aliphatic heterocycles. The molecule has 2 rings (SSSR count). The summed E-state index contributed by atoms with van der Waals surface area (Å²) in [7, 11) is 0. The number of ether oxygens (including phenoxy) is 1. The van der Waals surface area contributed by atoms with Crippen LogP contribution in [0.2, 0.25) is 0 Å². The van der Waals surface area contributed by atoms with E-state index in [2.05, 4.69) is 9.72 Å². The molecule has 90 valence electrons. The Morgan fingerprint density at radius 3 is 2.76 bits per heavy atom. The van der Waals surface area contributed by atoms with Crippen LogP contribution in [0.5, 0.6) is 5.75 Å². The highest BCUT2D eigenvalue weighted by atomic mass is 19.3. The molecule has 0 amide bonds. The molecule has 1 N–H and O–H groups in total. The lowest BCUT2D eigenvalue weighted by Gasteiger charge is -2.10. The van der Waals surface area contributed by atoms with Crippen molar-refractivity contribution >= 4 is 0 Å². The molecule has 4 nitrogen and oxygen atoms in total. The van der Waals surface area contributed by atoms with Crippen molar-refractivity contribution in [3.05, 3.63) is 42.5 Å². The highest BCUT2D eigenvalue weighted by molar-refractivity contribution is 5.46. The summed E-state index contributed by atoms with van der Waals surface area (Å²) in [5, 5.41) is 8.89. The first-order valence-corrected chi connectivity index (χ1v) is 4.88. The minimum atomic E-state index is -2.88. The van der Waals surface area contributed by atoms with Crippen LogP contribution in [0.1, 0.15) is 5.69 Å². The van der Waals surface area contributed by atoms with Gasteiger partial charge >= 0.3 is 6.61 Å². The molecule has 6 heteroatoms. The topological polar surface area (TPSA) is 47.3 Å². The van der Waals surface area contributed by atoms with Gasteiger partial charge in [-0.2, -0.15) is 8.78 Å². The molecule has 0 saturated carbocycles. The molecule has 0 aliphatic carbocycles. The van der Waals surface area contributed by atoms with Gasteiger partial charge in [-0.3, -0.25) is 0 Å². The predicted octanol–water partition coefficient (Wildman–Crippen LogP) is 1.97. The highest BCUT2D eigenvalue weighted by Crippen LogP contribution is 2.24. The number of aliphatic hydroxyl groups is 1. The molecule has 1 heterocycles. The van der Waals surface area contributed by atoms with E-state index in [9.17, 15) is 8.78 Å². The second kappa shape index (κ2) is 4.92. The summed E-state index contributed by atoms with van der Waals surface area (Å²) in [5.41, 5.74) is 0.900. The fraction of sp³-hybridized carbons (Fsp3) is 0.182. The van der Waals surface area contributed by atoms with Gasteiger partial charge in [-0.15, -0.1) is 0 Å². The average molecular weight is 240 g/mol. The Hall–Kier alpha value is -1.95. The number of nitrogens with zero attached hydrogens (tertiary/aromatic N) is 2. The standard InChI is InChI=1S/C11H10F2N2O2/c12-11(13)17-10-4-2-1-3-9(10)15-5-8(6-16)14-7-15/h1-5,7,11,16H,6H2. The SMILES string of the molecule is OCc1cn(-c2ccccc2OC(F)F)cn1. The number of hydrogen-bond donors (Lipinski definition) is 1. The van der Waals surface area contributed by atoms with E-state index in [1.54, 1.807) is 24.4 Å². The Balaban J connectivity index is 2.36. The van der Waals surface area contributed by atoms with E-state index in [0.717, 1.165) is 0 Å². The zero-order valence-electron chi connectivity index (χ0n) is 8.75. The van der Waals surface area contributed by atoms with Gasteiger partial charge in [0, 0.05) is 6.20 Å². The van der Waals surface area contributed by atoms with Gasteiger partial charge in [-0.1, -0.05) is 12.1 Å². The van der Waals surface area contributed by atoms with E-state index in [1.165, 1.54) is 17.0 Å². The summed E-state index contributed by atoms with van der Waals surface area (Å²) in [4.78, 5) is 3.90. The van der Waals surface area contributed by atoms with E-state index >= 15 is 0 Å². The number of rotatable bonds is 4. The Morgan fingerprint density at radius 2 is 2.12 bits per heavy atom. The molecule has 0 radical (unpaired) electrons. The number of aromatic nitrogens is 2. The molecular formula is C11H10F2N2O2. The second-order valence-corrected chi connectivity index (χ2v) is 3.28. The molecular weight excluding hydrogens is 230 g/mol. The van der Waals surface area contributed by atoms with Crippen molar-refractivity contribution in [2.24, 2.45) is 0 Å². The van der Waals surface area contributed by atoms with Crippen LogP contribution in [0.3, 0.4) is 0 Å². The van der Waals surface area contributed by atoms with Crippen LogP contribution in [-0.2, 0) is 6.61 Å². The molecule has 0 atom stereocenters. The number of alkyl halides is 2. The van der Waals surface area contributed by atoms with Crippen LogP contribution < -0.4 is 4.74 Å². The first kappa shape index (κ1) is 11.5. The van der Waals surface area contributed by atoms with Crippen molar-refractivity contribution in [2.75, 3.05) is 0 Å². The van der Waals surface area contributed by atoms with Crippen molar-refractivity contribution in [3.8, 4) is 11.4 Å². The lowest BCUT2D eigenvalue weighted by Crippen LogP contribution is -2.05. The minimum absolute atomic E-state index is 0.0596. The monoisotopic (exact) mass is 240 g/mol. The summed E-state index contributed by atoms with van der Waals surface area (Å²) in [5.74, 6) is 0.0596. The highest BCUT2D eigenvalue weighted by Gasteiger charge is 2.10. The zero-order valence-corrected chi connectivity index (χ0v) is 8.75. The van der Waals surface area contributed by atoms with Crippen LogP contribution in [0.4, 0.5) is 8.78 Å². The average Bonchev–Trinajstić information content (AvgIpc) is 2.77. The Kier molecular flexibility index (Phi) is 3.34. The molecule has 0 fully saturated rings. The fourth-order valence-electron chi connectivity index (χ4n) is 1.44. The van der Waals surface area contributed by atoms with Crippen molar-refractivity contribution in [3.63, 3.8) is 0 Å². The lowest BCUT2D eigenvalue weighted by molar-refractivity contribution is -0.0498. The molecule has 17 heavy (non-hydrogen) atoms. The number of aliphatic hydroxyl groups excluding tert-OH is 1. The van der Waals surface area contributed by atoms with Gasteiger partial charge < -0.3 is 14.4 Å². The molecule has 0 saturated heterocycles. The van der Waals surface area contributed by atoms with Crippen LogP contribution >= 0.6 is 0 Å². The summed E-state index contributed by atoms with van der Waals surface area (Å²) >= 11 is 0. The van der Waals surface area contributed by atoms with Gasteiger partial charge in [-0.05, 0) is 12.1 Å². The fourth-order valence-corrected chi connectivity index (χ4v) is 1.44. The zero-order chi connectivity index (χ0) is 12.3. The van der Waals surface area contributed by atoms with E-state index < -0.39 is 6.61 Å². The number of hydrogen-bond acceptors (Lipinski definition) is 3. The van der Waals surface area contributed by atoms with Crippen molar-refractivity contribution in [1.29, 1.82) is 0 Å². The van der Waals surface area contributed by atoms with Crippen molar-refractivity contribution in [1.82, 2.24) is 9.55 Å². The van der Waals surface area contributed by atoms with Crippen LogP contribution in [0, 0.1) is 0 Å². The number of benzene rings is 1. The largest absolute Gasteiger partial charge is 0.433 e. The molecule has 0 aliphatic rings. The van der Waals surface area contributed by atoms with Crippen LogP contribution in [-0.4, -0.2) is 21.3 Å². The van der Waals surface area contributed by atoms with Gasteiger partial charge in [-0.25, -0.2) is 4.98 Å². The quantitative estimate of drug-likeness (QED) is 0.888. The van der Waals surface area contributed by atoms with E-state index in [0.29, 0.717) is 11.4 Å². The molecule has 2 aromatic rings. The molecule has 0 bridgehead atoms. The Morgan fingerprint density at radius 1 is 1.35 bits per heavy atom. The molecule has 1 aromatic carbocycles. The van der Waals surface area contributed by atoms with E-state index in [-0.39, 0.29) is 12.4 Å². The normalized spacial score (nSPS) is 10.8. The van der Waals surface area contributed by atoms with Crippen molar-refractivity contribution < 1.29 is 18.6 Å². The summed E-state index contributed by atoms with van der Waals surface area (Å²) < 4.78 is 30.3. The van der Waals surface area contributed by atoms with Gasteiger partial charge in [0.1, 0.15) is 5.75 Å². The van der Waals surface area contributed by atoms with Gasteiger partial charge in [0.2, 0.25) is 0 Å². The maximum atomic E-state index is 12.2. The second-order valence-electron chi connectivity index (χ2n) is 3.28. The maximum Gasteiger partial charge on any atom is 0.387 e. The third-order valence-electron chi connectivity index (χ3n) is 2.16. The predicted molar refractivity (Wildman–Crippen MR) is 56.1 cm³/mol. The summed E-state index contributed by atoms with van der Waals surface area (Å²) in [6, 6.07) is 6.37. The van der Waals surface area contributed by atoms with E-state index in [1.807, 2.05) is 0 Å². The lowest BCUT2D eigenvalue weighted by atomic mass is 10.3.